The molecule has 0 radical (unpaired) electrons. The van der Waals surface area contributed by atoms with Gasteiger partial charge in [-0.3, -0.25) is 4.79 Å². The number of carboxylic acid groups (broad SMARTS) is 1. The maximum absolute atomic E-state index is 11.0. The fourth-order valence-electron chi connectivity index (χ4n) is 3.75. The number of nitrogens with one attached hydrogen (secondary N) is 1. The third kappa shape index (κ3) is 2.83. The molecule has 5 nitrogen and oxygen atoms in total. The number of aliphatic hydroxyl groups excluding tert-OH is 1. The van der Waals surface area contributed by atoms with Crippen molar-refractivity contribution >= 4 is 12.7 Å². The van der Waals surface area contributed by atoms with Crippen molar-refractivity contribution in [2.45, 2.75) is 44.6 Å². The van der Waals surface area contributed by atoms with E-state index in [4.69, 9.17) is 5.11 Å². The standard InChI is InChI=1S/C18H22N2O3/c1-11(14-5-3-4-6-15(14)21)7-12-8-18(20-16(12)19-2)9-13(10-18)17(22)23/h5-7,13,20-21H,2-4,8-10H2,1H3,(H,22,23)/b11-7+. The lowest BCUT2D eigenvalue weighted by Gasteiger charge is -2.43. The molecule has 0 aromatic rings. The third-order valence-corrected chi connectivity index (χ3v) is 4.94. The van der Waals surface area contributed by atoms with Crippen LogP contribution in [0.1, 0.15) is 39.0 Å². The van der Waals surface area contributed by atoms with E-state index in [0.717, 1.165) is 41.8 Å². The molecule has 0 amide bonds. The van der Waals surface area contributed by atoms with Crippen LogP contribution in [-0.4, -0.2) is 28.4 Å². The Kier molecular flexibility index (Phi) is 3.88. The summed E-state index contributed by atoms with van der Waals surface area (Å²) in [6, 6.07) is 0. The van der Waals surface area contributed by atoms with E-state index in [1.165, 1.54) is 0 Å². The molecule has 3 rings (SSSR count). The van der Waals surface area contributed by atoms with Crippen LogP contribution in [0.15, 0.2) is 51.5 Å². The van der Waals surface area contributed by atoms with E-state index < -0.39 is 5.97 Å². The van der Waals surface area contributed by atoms with Crippen molar-refractivity contribution in [3.63, 3.8) is 0 Å². The van der Waals surface area contributed by atoms with Crippen molar-refractivity contribution in [1.82, 2.24) is 5.32 Å². The Morgan fingerprint density at radius 3 is 2.74 bits per heavy atom. The highest BCUT2D eigenvalue weighted by Gasteiger charge is 2.51. The maximum atomic E-state index is 11.0. The van der Waals surface area contributed by atoms with Gasteiger partial charge < -0.3 is 15.5 Å². The van der Waals surface area contributed by atoms with E-state index in [2.05, 4.69) is 17.0 Å². The van der Waals surface area contributed by atoms with Crippen LogP contribution in [0, 0.1) is 5.92 Å². The normalized spacial score (nSPS) is 30.5. The zero-order valence-electron chi connectivity index (χ0n) is 13.3. The van der Waals surface area contributed by atoms with Crippen LogP contribution in [0.4, 0.5) is 0 Å². The molecule has 1 fully saturated rings. The number of allylic oxidation sites excluding steroid dienone is 4. The van der Waals surface area contributed by atoms with Crippen LogP contribution in [-0.2, 0) is 4.79 Å². The topological polar surface area (TPSA) is 81.9 Å². The van der Waals surface area contributed by atoms with Gasteiger partial charge in [0.05, 0.1) is 5.92 Å². The van der Waals surface area contributed by atoms with Gasteiger partial charge in [-0.25, -0.2) is 4.99 Å². The fraction of sp³-hybridized carbons (Fsp3) is 0.444. The van der Waals surface area contributed by atoms with Gasteiger partial charge >= 0.3 is 5.97 Å². The van der Waals surface area contributed by atoms with Crippen molar-refractivity contribution in [1.29, 1.82) is 0 Å². The molecule has 0 atom stereocenters. The minimum absolute atomic E-state index is 0.190. The molecule has 1 saturated carbocycles. The summed E-state index contributed by atoms with van der Waals surface area (Å²) >= 11 is 0. The Morgan fingerprint density at radius 1 is 1.43 bits per heavy atom. The zero-order valence-corrected chi connectivity index (χ0v) is 13.3. The van der Waals surface area contributed by atoms with Gasteiger partial charge in [0.25, 0.3) is 0 Å². The second-order valence-electron chi connectivity index (χ2n) is 6.67. The molecular weight excluding hydrogens is 292 g/mol. The lowest BCUT2D eigenvalue weighted by atomic mass is 9.66. The Morgan fingerprint density at radius 2 is 2.13 bits per heavy atom. The fourth-order valence-corrected chi connectivity index (χ4v) is 3.75. The van der Waals surface area contributed by atoms with Gasteiger partial charge in [0, 0.05) is 11.1 Å². The molecular formula is C18H22N2O3. The van der Waals surface area contributed by atoms with Crippen LogP contribution >= 0.6 is 0 Å². The quantitative estimate of drug-likeness (QED) is 0.696. The van der Waals surface area contributed by atoms with Crippen molar-refractivity contribution in [2.75, 3.05) is 0 Å². The van der Waals surface area contributed by atoms with Gasteiger partial charge in [-0.2, -0.15) is 0 Å². The molecule has 1 spiro atoms. The second-order valence-corrected chi connectivity index (χ2v) is 6.67. The molecule has 1 heterocycles. The zero-order chi connectivity index (χ0) is 16.6. The SMILES string of the molecule is C=NC1=C(/C=C(\C)C2=CCCC=C2O)CC2(CC(C(=O)O)C2)N1. The number of carbonyl (C=O) groups is 1. The summed E-state index contributed by atoms with van der Waals surface area (Å²) in [4.78, 5) is 15.1. The number of aliphatic imine (C=N–C) groups is 1. The van der Waals surface area contributed by atoms with Crippen LogP contribution in [0.25, 0.3) is 0 Å². The molecule has 122 valence electrons. The Hall–Kier alpha value is -2.30. The maximum Gasteiger partial charge on any atom is 0.306 e. The molecule has 2 aliphatic carbocycles. The van der Waals surface area contributed by atoms with Crippen LogP contribution in [0.5, 0.6) is 0 Å². The molecule has 0 aromatic heterocycles. The molecule has 23 heavy (non-hydrogen) atoms. The summed E-state index contributed by atoms with van der Waals surface area (Å²) in [5.74, 6) is 0.0567. The van der Waals surface area contributed by atoms with Crippen molar-refractivity contribution in [2.24, 2.45) is 10.9 Å². The highest BCUT2D eigenvalue weighted by molar-refractivity contribution is 5.72. The van der Waals surface area contributed by atoms with Gasteiger partial charge in [0.15, 0.2) is 0 Å². The average molecular weight is 314 g/mol. The molecule has 0 bridgehead atoms. The van der Waals surface area contributed by atoms with Crippen LogP contribution < -0.4 is 5.32 Å². The van der Waals surface area contributed by atoms with Gasteiger partial charge in [-0.05, 0) is 63.0 Å². The lowest BCUT2D eigenvalue weighted by Crippen LogP contribution is -2.53. The number of hydrogen-bond acceptors (Lipinski definition) is 4. The number of nitrogens with zero attached hydrogens (tertiary/aromatic N) is 1. The van der Waals surface area contributed by atoms with Crippen molar-refractivity contribution in [3.05, 3.63) is 46.5 Å². The van der Waals surface area contributed by atoms with Crippen molar-refractivity contribution < 1.29 is 15.0 Å². The van der Waals surface area contributed by atoms with E-state index in [1.54, 1.807) is 0 Å². The highest BCUT2D eigenvalue weighted by Crippen LogP contribution is 2.47. The van der Waals surface area contributed by atoms with E-state index in [9.17, 15) is 9.90 Å². The average Bonchev–Trinajstić information content (AvgIpc) is 2.84. The van der Waals surface area contributed by atoms with E-state index in [0.29, 0.717) is 18.6 Å². The van der Waals surface area contributed by atoms with E-state index in [-0.39, 0.29) is 11.5 Å². The highest BCUT2D eigenvalue weighted by atomic mass is 16.4. The predicted molar refractivity (Wildman–Crippen MR) is 89.2 cm³/mol. The minimum Gasteiger partial charge on any atom is -0.508 e. The van der Waals surface area contributed by atoms with Gasteiger partial charge in [-0.1, -0.05) is 12.2 Å². The molecule has 0 aromatic carbocycles. The molecule has 3 aliphatic rings. The Labute approximate surface area is 135 Å². The number of aliphatic hydroxyl groups is 1. The Bertz CT molecular complexity index is 676. The second kappa shape index (κ2) is 5.72. The first-order chi connectivity index (χ1) is 10.9. The molecule has 1 aliphatic heterocycles. The smallest absolute Gasteiger partial charge is 0.306 e. The monoisotopic (exact) mass is 314 g/mol. The first-order valence-corrected chi connectivity index (χ1v) is 7.93. The lowest BCUT2D eigenvalue weighted by molar-refractivity contribution is -0.147. The van der Waals surface area contributed by atoms with Gasteiger partial charge in [-0.15, -0.1) is 0 Å². The first-order valence-electron chi connectivity index (χ1n) is 7.93. The molecule has 3 N–H and O–H groups in total. The third-order valence-electron chi connectivity index (χ3n) is 4.94. The molecule has 0 unspecified atom stereocenters. The van der Waals surface area contributed by atoms with Crippen LogP contribution in [0.3, 0.4) is 0 Å². The summed E-state index contributed by atoms with van der Waals surface area (Å²) in [7, 11) is 0. The van der Waals surface area contributed by atoms with Crippen molar-refractivity contribution in [3.8, 4) is 0 Å². The summed E-state index contributed by atoms with van der Waals surface area (Å²) < 4.78 is 0. The molecule has 5 heteroatoms. The van der Waals surface area contributed by atoms with E-state index >= 15 is 0 Å². The van der Waals surface area contributed by atoms with Crippen LogP contribution in [0.2, 0.25) is 0 Å². The molecule has 0 saturated heterocycles. The number of hydrogen-bond donors (Lipinski definition) is 3. The number of rotatable bonds is 4. The number of carboxylic acids is 1. The largest absolute Gasteiger partial charge is 0.508 e. The number of aliphatic carboxylic acids is 1. The van der Waals surface area contributed by atoms with Gasteiger partial charge in [0.1, 0.15) is 11.6 Å². The Balaban J connectivity index is 1.78. The summed E-state index contributed by atoms with van der Waals surface area (Å²) in [5.41, 5.74) is 2.69. The van der Waals surface area contributed by atoms with E-state index in [1.807, 2.05) is 25.2 Å². The summed E-state index contributed by atoms with van der Waals surface area (Å²) in [6.45, 7) is 5.59. The minimum atomic E-state index is -0.729. The van der Waals surface area contributed by atoms with Gasteiger partial charge in [0.2, 0.25) is 0 Å². The predicted octanol–water partition coefficient (Wildman–Crippen LogP) is 3.23. The summed E-state index contributed by atoms with van der Waals surface area (Å²) in [5, 5.41) is 22.4. The summed E-state index contributed by atoms with van der Waals surface area (Å²) in [6.07, 6.45) is 9.69. The first kappa shape index (κ1) is 15.6.